The molecule has 0 N–H and O–H groups in total. The molecule has 3 aromatic heterocycles. The molecule has 0 bridgehead atoms. The van der Waals surface area contributed by atoms with Gasteiger partial charge in [0.25, 0.3) is 0 Å². The summed E-state index contributed by atoms with van der Waals surface area (Å²) in [5, 5.41) is 1.16. The van der Waals surface area contributed by atoms with Gasteiger partial charge >= 0.3 is 0 Å². The van der Waals surface area contributed by atoms with Gasteiger partial charge in [0.15, 0.2) is 5.65 Å². The highest BCUT2D eigenvalue weighted by Gasteiger charge is 2.14. The Hall–Kier alpha value is -1.72. The number of fused-ring (bicyclic) bond motifs is 1. The molecule has 0 amide bonds. The third-order valence-corrected chi connectivity index (χ3v) is 3.95. The van der Waals surface area contributed by atoms with Gasteiger partial charge in [0.2, 0.25) is 0 Å². The Balaban J connectivity index is 2.18. The Labute approximate surface area is 115 Å². The first kappa shape index (κ1) is 12.3. The predicted octanol–water partition coefficient (Wildman–Crippen LogP) is 2.98. The summed E-state index contributed by atoms with van der Waals surface area (Å²) in [5.74, 6) is 0.998. The fourth-order valence-corrected chi connectivity index (χ4v) is 2.98. The Morgan fingerprint density at radius 3 is 2.95 bits per heavy atom. The van der Waals surface area contributed by atoms with Gasteiger partial charge in [-0.2, -0.15) is 0 Å². The summed E-state index contributed by atoms with van der Waals surface area (Å²) in [4.78, 5) is 10.4. The van der Waals surface area contributed by atoms with Crippen molar-refractivity contribution in [3.8, 4) is 5.00 Å². The van der Waals surface area contributed by atoms with E-state index in [0.29, 0.717) is 6.61 Å². The summed E-state index contributed by atoms with van der Waals surface area (Å²) in [6, 6.07) is 8.15. The van der Waals surface area contributed by atoms with Crippen molar-refractivity contribution in [1.29, 1.82) is 0 Å². The van der Waals surface area contributed by atoms with Crippen LogP contribution in [0.25, 0.3) is 16.2 Å². The van der Waals surface area contributed by atoms with Gasteiger partial charge in [0, 0.05) is 24.6 Å². The van der Waals surface area contributed by atoms with Crippen LogP contribution in [0, 0.1) is 6.92 Å². The number of imidazole rings is 1. The quantitative estimate of drug-likeness (QED) is 0.733. The predicted molar refractivity (Wildman–Crippen MR) is 77.1 cm³/mol. The highest BCUT2D eigenvalue weighted by molar-refractivity contribution is 7.14. The molecule has 0 unspecified atom stereocenters. The Kier molecular flexibility index (Phi) is 3.31. The maximum Gasteiger partial charge on any atom is 0.165 e. The van der Waals surface area contributed by atoms with E-state index in [9.17, 15) is 0 Å². The first-order chi connectivity index (χ1) is 9.29. The molecule has 0 atom stereocenters. The third kappa shape index (κ3) is 2.27. The molecule has 3 aromatic rings. The van der Waals surface area contributed by atoms with Gasteiger partial charge in [-0.15, -0.1) is 11.3 Å². The molecule has 4 nitrogen and oxygen atoms in total. The van der Waals surface area contributed by atoms with Gasteiger partial charge in [0.05, 0.1) is 6.61 Å². The highest BCUT2D eigenvalue weighted by Crippen LogP contribution is 2.25. The summed E-state index contributed by atoms with van der Waals surface area (Å²) in [7, 11) is 1.71. The normalized spacial score (nSPS) is 11.3. The number of rotatable bonds is 4. The highest BCUT2D eigenvalue weighted by atomic mass is 32.1. The molecule has 0 saturated heterocycles. The van der Waals surface area contributed by atoms with Crippen LogP contribution in [0.15, 0.2) is 30.5 Å². The molecule has 0 aliphatic heterocycles. The van der Waals surface area contributed by atoms with Crippen molar-refractivity contribution in [1.82, 2.24) is 14.5 Å². The lowest BCUT2D eigenvalue weighted by Crippen LogP contribution is -2.04. The smallest absolute Gasteiger partial charge is 0.165 e. The molecule has 0 fully saturated rings. The van der Waals surface area contributed by atoms with Crippen LogP contribution in [0.3, 0.4) is 0 Å². The van der Waals surface area contributed by atoms with Crippen LogP contribution in [0.5, 0.6) is 0 Å². The van der Waals surface area contributed by atoms with Crippen molar-refractivity contribution >= 4 is 22.5 Å². The number of ether oxygens (including phenoxy) is 1. The van der Waals surface area contributed by atoms with Crippen molar-refractivity contribution in [3.05, 3.63) is 41.2 Å². The summed E-state index contributed by atoms with van der Waals surface area (Å²) in [5.41, 5.74) is 1.84. The van der Waals surface area contributed by atoms with Crippen LogP contribution in [0.1, 0.15) is 10.7 Å². The number of hydrogen-bond acceptors (Lipinski definition) is 4. The number of thiophene rings is 1. The number of pyridine rings is 1. The number of aromatic nitrogens is 3. The molecule has 98 valence electrons. The fraction of sp³-hybridized carbons (Fsp3) is 0.286. The van der Waals surface area contributed by atoms with Crippen molar-refractivity contribution < 1.29 is 4.74 Å². The summed E-state index contributed by atoms with van der Waals surface area (Å²) >= 11 is 1.75. The van der Waals surface area contributed by atoms with Gasteiger partial charge in [-0.05, 0) is 31.2 Å². The molecule has 5 heteroatoms. The molecule has 3 heterocycles. The van der Waals surface area contributed by atoms with E-state index in [0.717, 1.165) is 28.4 Å². The Morgan fingerprint density at radius 1 is 1.32 bits per heavy atom. The van der Waals surface area contributed by atoms with Crippen LogP contribution in [-0.4, -0.2) is 28.3 Å². The van der Waals surface area contributed by atoms with Crippen LogP contribution < -0.4 is 0 Å². The maximum atomic E-state index is 5.17. The SMILES string of the molecule is COCCc1nc2cccnc2n1-c1ccc(C)s1. The van der Waals surface area contributed by atoms with Crippen molar-refractivity contribution in [3.63, 3.8) is 0 Å². The summed E-state index contributed by atoms with van der Waals surface area (Å²) in [6.07, 6.45) is 2.59. The lowest BCUT2D eigenvalue weighted by molar-refractivity contribution is 0.200. The lowest BCUT2D eigenvalue weighted by atomic mass is 10.4. The van der Waals surface area contributed by atoms with Gasteiger partial charge in [0.1, 0.15) is 16.3 Å². The molecule has 0 aliphatic rings. The Morgan fingerprint density at radius 2 is 2.21 bits per heavy atom. The second-order valence-corrected chi connectivity index (χ2v) is 5.60. The average Bonchev–Trinajstić information content (AvgIpc) is 2.99. The van der Waals surface area contributed by atoms with E-state index < -0.39 is 0 Å². The van der Waals surface area contributed by atoms with E-state index in [1.165, 1.54) is 4.88 Å². The lowest BCUT2D eigenvalue weighted by Gasteiger charge is -2.05. The van der Waals surface area contributed by atoms with E-state index >= 15 is 0 Å². The molecular formula is C14H15N3OS. The molecule has 0 aromatic carbocycles. The van der Waals surface area contributed by atoms with Crippen LogP contribution >= 0.6 is 11.3 Å². The minimum absolute atomic E-state index is 0.660. The molecule has 0 spiro atoms. The number of methoxy groups -OCH3 is 1. The summed E-state index contributed by atoms with van der Waals surface area (Å²) < 4.78 is 7.30. The van der Waals surface area contributed by atoms with Crippen molar-refractivity contribution in [2.75, 3.05) is 13.7 Å². The number of hydrogen-bond donors (Lipinski definition) is 0. The number of aryl methyl sites for hydroxylation is 1. The first-order valence-corrected chi connectivity index (χ1v) is 6.99. The van der Waals surface area contributed by atoms with E-state index in [1.807, 2.05) is 12.1 Å². The second kappa shape index (κ2) is 5.11. The zero-order valence-corrected chi connectivity index (χ0v) is 11.8. The van der Waals surface area contributed by atoms with Gasteiger partial charge in [-0.3, -0.25) is 4.57 Å². The largest absolute Gasteiger partial charge is 0.384 e. The first-order valence-electron chi connectivity index (χ1n) is 6.17. The topological polar surface area (TPSA) is 39.9 Å². The van der Waals surface area contributed by atoms with Crippen LogP contribution in [0.4, 0.5) is 0 Å². The van der Waals surface area contributed by atoms with E-state index in [2.05, 4.69) is 33.6 Å². The zero-order valence-electron chi connectivity index (χ0n) is 11.0. The fourth-order valence-electron chi connectivity index (χ4n) is 2.09. The second-order valence-electron chi connectivity index (χ2n) is 4.34. The van der Waals surface area contributed by atoms with Crippen LogP contribution in [-0.2, 0) is 11.2 Å². The van der Waals surface area contributed by atoms with Gasteiger partial charge in [-0.25, -0.2) is 9.97 Å². The minimum Gasteiger partial charge on any atom is -0.384 e. The molecule has 3 rings (SSSR count). The van der Waals surface area contributed by atoms with Crippen molar-refractivity contribution in [2.45, 2.75) is 13.3 Å². The maximum absolute atomic E-state index is 5.17. The van der Waals surface area contributed by atoms with Gasteiger partial charge < -0.3 is 4.74 Å². The third-order valence-electron chi connectivity index (χ3n) is 2.96. The number of nitrogens with zero attached hydrogens (tertiary/aromatic N) is 3. The molecule has 0 radical (unpaired) electrons. The zero-order chi connectivity index (χ0) is 13.2. The van der Waals surface area contributed by atoms with Gasteiger partial charge in [-0.1, -0.05) is 0 Å². The van der Waals surface area contributed by atoms with E-state index in [4.69, 9.17) is 4.74 Å². The molecule has 0 aliphatic carbocycles. The molecular weight excluding hydrogens is 258 g/mol. The van der Waals surface area contributed by atoms with E-state index in [1.54, 1.807) is 24.6 Å². The molecule has 0 saturated carbocycles. The standard InChI is InChI=1S/C14H15N3OS/c1-10-5-6-13(19-10)17-12(7-9-18-2)16-11-4-3-8-15-14(11)17/h3-6,8H,7,9H2,1-2H3. The van der Waals surface area contributed by atoms with Crippen molar-refractivity contribution in [2.24, 2.45) is 0 Å². The minimum atomic E-state index is 0.660. The monoisotopic (exact) mass is 273 g/mol. The average molecular weight is 273 g/mol. The molecule has 19 heavy (non-hydrogen) atoms. The van der Waals surface area contributed by atoms with E-state index in [-0.39, 0.29) is 0 Å². The van der Waals surface area contributed by atoms with Crippen LogP contribution in [0.2, 0.25) is 0 Å². The Bertz CT molecular complexity index is 702. The summed E-state index contributed by atoms with van der Waals surface area (Å²) in [6.45, 7) is 2.77.